The second kappa shape index (κ2) is 4.30. The van der Waals surface area contributed by atoms with Crippen LogP contribution in [0.4, 0.5) is 0 Å². The van der Waals surface area contributed by atoms with Crippen molar-refractivity contribution in [3.05, 3.63) is 0 Å². The van der Waals surface area contributed by atoms with E-state index in [-0.39, 0.29) is 11.9 Å². The maximum atomic E-state index is 12.3. The Labute approximate surface area is 95.7 Å². The fraction of sp³-hybridized carbons (Fsp3) is 0.909. The Morgan fingerprint density at radius 3 is 3.00 bits per heavy atom. The highest BCUT2D eigenvalue weighted by Crippen LogP contribution is 2.30. The van der Waals surface area contributed by atoms with Crippen molar-refractivity contribution in [2.45, 2.75) is 44.2 Å². The van der Waals surface area contributed by atoms with E-state index in [1.54, 1.807) is 0 Å². The number of nitrogens with zero attached hydrogens (tertiary/aromatic N) is 1. The SMILES string of the molecule is CC1(C(=O)N2CCC[C@H]2CCl)CCCO1. The summed E-state index contributed by atoms with van der Waals surface area (Å²) in [6.45, 7) is 3.46. The van der Waals surface area contributed by atoms with Crippen LogP contribution in [-0.4, -0.2) is 41.5 Å². The minimum absolute atomic E-state index is 0.142. The zero-order chi connectivity index (χ0) is 10.9. The monoisotopic (exact) mass is 231 g/mol. The van der Waals surface area contributed by atoms with Gasteiger partial charge in [0, 0.05) is 25.1 Å². The minimum Gasteiger partial charge on any atom is -0.365 e. The van der Waals surface area contributed by atoms with Crippen molar-refractivity contribution < 1.29 is 9.53 Å². The van der Waals surface area contributed by atoms with Crippen molar-refractivity contribution in [2.24, 2.45) is 0 Å². The summed E-state index contributed by atoms with van der Waals surface area (Å²) < 4.78 is 5.57. The van der Waals surface area contributed by atoms with Crippen molar-refractivity contribution in [3.63, 3.8) is 0 Å². The van der Waals surface area contributed by atoms with Gasteiger partial charge in [-0.1, -0.05) is 0 Å². The predicted octanol–water partition coefficient (Wildman–Crippen LogP) is 1.79. The summed E-state index contributed by atoms with van der Waals surface area (Å²) >= 11 is 5.86. The predicted molar refractivity (Wildman–Crippen MR) is 59.0 cm³/mol. The van der Waals surface area contributed by atoms with Gasteiger partial charge in [-0.2, -0.15) is 0 Å². The van der Waals surface area contributed by atoms with E-state index in [0.29, 0.717) is 12.5 Å². The summed E-state index contributed by atoms with van der Waals surface area (Å²) in [6.07, 6.45) is 3.93. The molecule has 4 heteroatoms. The van der Waals surface area contributed by atoms with Crippen molar-refractivity contribution in [1.29, 1.82) is 0 Å². The van der Waals surface area contributed by atoms with Gasteiger partial charge >= 0.3 is 0 Å². The molecule has 2 atom stereocenters. The normalized spacial score (nSPS) is 36.1. The van der Waals surface area contributed by atoms with Gasteiger partial charge in [0.05, 0.1) is 0 Å². The second-order valence-corrected chi connectivity index (χ2v) is 4.94. The van der Waals surface area contributed by atoms with Gasteiger partial charge in [-0.25, -0.2) is 0 Å². The third kappa shape index (κ3) is 2.00. The molecule has 2 rings (SSSR count). The first-order valence-electron chi connectivity index (χ1n) is 5.68. The molecule has 0 aromatic heterocycles. The van der Waals surface area contributed by atoms with Crippen LogP contribution < -0.4 is 0 Å². The number of hydrogen-bond acceptors (Lipinski definition) is 2. The van der Waals surface area contributed by atoms with Crippen molar-refractivity contribution in [3.8, 4) is 0 Å². The summed E-state index contributed by atoms with van der Waals surface area (Å²) in [6, 6.07) is 0.222. The lowest BCUT2D eigenvalue weighted by Crippen LogP contribution is -2.49. The van der Waals surface area contributed by atoms with Crippen LogP contribution >= 0.6 is 11.6 Å². The summed E-state index contributed by atoms with van der Waals surface area (Å²) in [5.41, 5.74) is -0.575. The molecule has 1 unspecified atom stereocenters. The standard InChI is InChI=1S/C11H18ClNO2/c1-11(5-3-7-15-11)10(14)13-6-2-4-9(13)8-12/h9H,2-8H2,1H3/t9-,11?/m0/s1. The second-order valence-electron chi connectivity index (χ2n) is 4.63. The number of likely N-dealkylation sites (tertiary alicyclic amines) is 1. The highest BCUT2D eigenvalue weighted by atomic mass is 35.5. The third-order valence-corrected chi connectivity index (χ3v) is 3.84. The lowest BCUT2D eigenvalue weighted by Gasteiger charge is -2.31. The number of ether oxygens (including phenoxy) is 1. The van der Waals surface area contributed by atoms with Gasteiger partial charge in [-0.3, -0.25) is 4.79 Å². The lowest BCUT2D eigenvalue weighted by molar-refractivity contribution is -0.151. The fourth-order valence-corrected chi connectivity index (χ4v) is 2.84. The average molecular weight is 232 g/mol. The lowest BCUT2D eigenvalue weighted by atomic mass is 10.0. The van der Waals surface area contributed by atoms with Gasteiger partial charge < -0.3 is 9.64 Å². The summed E-state index contributed by atoms with van der Waals surface area (Å²) in [5, 5.41) is 0. The first-order chi connectivity index (χ1) is 7.17. The molecule has 1 amide bonds. The molecule has 15 heavy (non-hydrogen) atoms. The van der Waals surface area contributed by atoms with E-state index in [9.17, 15) is 4.79 Å². The fourth-order valence-electron chi connectivity index (χ4n) is 2.52. The number of rotatable bonds is 2. The molecule has 2 aliphatic rings. The number of amides is 1. The molecule has 0 aromatic rings. The smallest absolute Gasteiger partial charge is 0.254 e. The summed E-state index contributed by atoms with van der Waals surface area (Å²) in [4.78, 5) is 14.2. The summed E-state index contributed by atoms with van der Waals surface area (Å²) in [5.74, 6) is 0.685. The maximum absolute atomic E-state index is 12.3. The Bertz CT molecular complexity index is 251. The van der Waals surface area contributed by atoms with Crippen LogP contribution in [0, 0.1) is 0 Å². The quantitative estimate of drug-likeness (QED) is 0.679. The Kier molecular flexibility index (Phi) is 3.21. The molecular weight excluding hydrogens is 214 g/mol. The Hall–Kier alpha value is -0.280. The average Bonchev–Trinajstić information content (AvgIpc) is 2.85. The number of halogens is 1. The first-order valence-corrected chi connectivity index (χ1v) is 6.22. The van der Waals surface area contributed by atoms with Gasteiger partial charge in [0.2, 0.25) is 0 Å². The first kappa shape index (κ1) is 11.2. The van der Waals surface area contributed by atoms with E-state index in [0.717, 1.165) is 32.2 Å². The van der Waals surface area contributed by atoms with Crippen LogP contribution in [0.15, 0.2) is 0 Å². The highest BCUT2D eigenvalue weighted by Gasteiger charge is 2.43. The van der Waals surface area contributed by atoms with Gasteiger partial charge in [0.1, 0.15) is 5.60 Å². The zero-order valence-electron chi connectivity index (χ0n) is 9.17. The Morgan fingerprint density at radius 2 is 2.40 bits per heavy atom. The third-order valence-electron chi connectivity index (χ3n) is 3.49. The van der Waals surface area contributed by atoms with Crippen molar-refractivity contribution in [2.75, 3.05) is 19.0 Å². The topological polar surface area (TPSA) is 29.5 Å². The molecule has 0 bridgehead atoms. The van der Waals surface area contributed by atoms with E-state index in [2.05, 4.69) is 0 Å². The molecule has 86 valence electrons. The molecular formula is C11H18ClNO2. The van der Waals surface area contributed by atoms with E-state index in [1.807, 2.05) is 11.8 Å². The van der Waals surface area contributed by atoms with Gasteiger partial charge in [0.25, 0.3) is 5.91 Å². The number of carbonyl (C=O) groups is 1. The number of carbonyl (C=O) groups excluding carboxylic acids is 1. The largest absolute Gasteiger partial charge is 0.365 e. The van der Waals surface area contributed by atoms with Crippen LogP contribution in [0.3, 0.4) is 0 Å². The van der Waals surface area contributed by atoms with Crippen LogP contribution in [0.25, 0.3) is 0 Å². The molecule has 0 radical (unpaired) electrons. The minimum atomic E-state index is -0.575. The molecule has 0 aliphatic carbocycles. The number of alkyl halides is 1. The highest BCUT2D eigenvalue weighted by molar-refractivity contribution is 6.18. The molecule has 2 fully saturated rings. The van der Waals surface area contributed by atoms with E-state index in [4.69, 9.17) is 16.3 Å². The molecule has 0 aromatic carbocycles. The van der Waals surface area contributed by atoms with Crippen LogP contribution in [-0.2, 0) is 9.53 Å². The molecule has 0 spiro atoms. The molecule has 2 aliphatic heterocycles. The van der Waals surface area contributed by atoms with E-state index in [1.165, 1.54) is 0 Å². The van der Waals surface area contributed by atoms with Crippen molar-refractivity contribution in [1.82, 2.24) is 4.90 Å². The zero-order valence-corrected chi connectivity index (χ0v) is 9.92. The van der Waals surface area contributed by atoms with Gasteiger partial charge in [-0.05, 0) is 32.6 Å². The van der Waals surface area contributed by atoms with Crippen LogP contribution in [0.1, 0.15) is 32.6 Å². The van der Waals surface area contributed by atoms with E-state index >= 15 is 0 Å². The molecule has 3 nitrogen and oxygen atoms in total. The van der Waals surface area contributed by atoms with E-state index < -0.39 is 5.60 Å². The van der Waals surface area contributed by atoms with Crippen molar-refractivity contribution >= 4 is 17.5 Å². The molecule has 2 heterocycles. The van der Waals surface area contributed by atoms with Crippen LogP contribution in [0.2, 0.25) is 0 Å². The van der Waals surface area contributed by atoms with Gasteiger partial charge in [-0.15, -0.1) is 11.6 Å². The van der Waals surface area contributed by atoms with Crippen LogP contribution in [0.5, 0.6) is 0 Å². The molecule has 0 N–H and O–H groups in total. The molecule has 0 saturated carbocycles. The maximum Gasteiger partial charge on any atom is 0.254 e. The Balaban J connectivity index is 2.06. The number of hydrogen-bond donors (Lipinski definition) is 0. The summed E-state index contributed by atoms with van der Waals surface area (Å²) in [7, 11) is 0. The van der Waals surface area contributed by atoms with Gasteiger partial charge in [0.15, 0.2) is 0 Å². The Morgan fingerprint density at radius 1 is 1.60 bits per heavy atom. The molecule has 2 saturated heterocycles.